The molecule has 0 aliphatic carbocycles. The number of amides is 2. The van der Waals surface area contributed by atoms with Crippen molar-refractivity contribution in [3.63, 3.8) is 0 Å². The monoisotopic (exact) mass is 253 g/mol. The number of carbonyl (C=O) groups excluding carboxylic acids is 2. The first-order valence-electron chi connectivity index (χ1n) is 5.21. The van der Waals surface area contributed by atoms with Crippen LogP contribution in [0, 0.1) is 0 Å². The Kier molecular flexibility index (Phi) is 4.78. The molecule has 7 nitrogen and oxygen atoms in total. The minimum absolute atomic E-state index is 0.236. The number of rotatable bonds is 5. The number of aliphatic hydroxyl groups excluding tert-OH is 2. The Labute approximate surface area is 103 Å². The van der Waals surface area contributed by atoms with Crippen molar-refractivity contribution >= 4 is 11.8 Å². The molecule has 7 heteroatoms. The van der Waals surface area contributed by atoms with Gasteiger partial charge in [-0.3, -0.25) is 15.0 Å². The zero-order chi connectivity index (χ0) is 13.7. The van der Waals surface area contributed by atoms with Crippen LogP contribution in [0.5, 0.6) is 0 Å². The molecule has 0 aliphatic heterocycles. The Balaban J connectivity index is 2.89. The SMILES string of the molecule is NNC(=O)c1cccc(C(O)C(O)CC(N)=O)c1. The lowest BCUT2D eigenvalue weighted by Crippen LogP contribution is -2.30. The molecule has 0 heterocycles. The fraction of sp³-hybridized carbons (Fsp3) is 0.273. The normalized spacial score (nSPS) is 13.7. The van der Waals surface area contributed by atoms with Gasteiger partial charge < -0.3 is 15.9 Å². The van der Waals surface area contributed by atoms with E-state index < -0.39 is 24.0 Å². The maximum atomic E-state index is 11.3. The summed E-state index contributed by atoms with van der Waals surface area (Å²) in [5, 5.41) is 19.3. The van der Waals surface area contributed by atoms with Gasteiger partial charge in [0.25, 0.3) is 5.91 Å². The predicted octanol–water partition coefficient (Wildman–Crippen LogP) is -1.44. The molecule has 0 saturated heterocycles. The summed E-state index contributed by atoms with van der Waals surface area (Å²) in [7, 11) is 0. The van der Waals surface area contributed by atoms with Crippen molar-refractivity contribution in [1.82, 2.24) is 5.43 Å². The summed E-state index contributed by atoms with van der Waals surface area (Å²) < 4.78 is 0. The van der Waals surface area contributed by atoms with Crippen LogP contribution in [0.15, 0.2) is 24.3 Å². The summed E-state index contributed by atoms with van der Waals surface area (Å²) in [6.45, 7) is 0. The number of nitrogens with two attached hydrogens (primary N) is 2. The number of aliphatic hydroxyl groups is 2. The molecule has 1 aromatic carbocycles. The van der Waals surface area contributed by atoms with Gasteiger partial charge in [0, 0.05) is 5.56 Å². The lowest BCUT2D eigenvalue weighted by molar-refractivity contribution is -0.121. The maximum absolute atomic E-state index is 11.3. The summed E-state index contributed by atoms with van der Waals surface area (Å²) in [6.07, 6.45) is -2.99. The van der Waals surface area contributed by atoms with Crippen molar-refractivity contribution in [1.29, 1.82) is 0 Å². The minimum atomic E-state index is -1.32. The molecule has 2 atom stereocenters. The Morgan fingerprint density at radius 3 is 2.56 bits per heavy atom. The summed E-state index contributed by atoms with van der Waals surface area (Å²) in [5.74, 6) is 3.74. The van der Waals surface area contributed by atoms with Crippen LogP contribution < -0.4 is 17.0 Å². The molecule has 0 spiro atoms. The Bertz CT molecular complexity index is 450. The van der Waals surface area contributed by atoms with Crippen LogP contribution in [-0.4, -0.2) is 28.1 Å². The molecular formula is C11H15N3O4. The number of carbonyl (C=O) groups is 2. The largest absolute Gasteiger partial charge is 0.390 e. The summed E-state index contributed by atoms with van der Waals surface area (Å²) in [6, 6.07) is 5.91. The van der Waals surface area contributed by atoms with Crippen molar-refractivity contribution < 1.29 is 19.8 Å². The summed E-state index contributed by atoms with van der Waals surface area (Å²) in [5.41, 5.74) is 7.40. The fourth-order valence-corrected chi connectivity index (χ4v) is 1.49. The van der Waals surface area contributed by atoms with E-state index in [0.29, 0.717) is 5.56 Å². The molecule has 18 heavy (non-hydrogen) atoms. The Morgan fingerprint density at radius 2 is 2.00 bits per heavy atom. The van der Waals surface area contributed by atoms with Crippen LogP contribution in [0.4, 0.5) is 0 Å². The highest BCUT2D eigenvalue weighted by molar-refractivity contribution is 5.93. The van der Waals surface area contributed by atoms with Crippen LogP contribution in [0.2, 0.25) is 0 Å². The van der Waals surface area contributed by atoms with Gasteiger partial charge in [0.2, 0.25) is 5.91 Å². The van der Waals surface area contributed by atoms with Gasteiger partial charge in [0.05, 0.1) is 12.5 Å². The molecule has 0 aromatic heterocycles. The van der Waals surface area contributed by atoms with E-state index in [1.807, 2.05) is 5.43 Å². The molecule has 1 aromatic rings. The van der Waals surface area contributed by atoms with E-state index in [-0.39, 0.29) is 12.0 Å². The third-order valence-corrected chi connectivity index (χ3v) is 2.40. The molecule has 7 N–H and O–H groups in total. The zero-order valence-electron chi connectivity index (χ0n) is 9.54. The van der Waals surface area contributed by atoms with E-state index in [0.717, 1.165) is 0 Å². The number of benzene rings is 1. The van der Waals surface area contributed by atoms with Gasteiger partial charge in [-0.05, 0) is 17.7 Å². The van der Waals surface area contributed by atoms with Gasteiger partial charge in [-0.1, -0.05) is 12.1 Å². The predicted molar refractivity (Wildman–Crippen MR) is 62.9 cm³/mol. The molecule has 0 aliphatic rings. The van der Waals surface area contributed by atoms with Gasteiger partial charge in [-0.15, -0.1) is 0 Å². The number of nitrogens with one attached hydrogen (secondary N) is 1. The highest BCUT2D eigenvalue weighted by Crippen LogP contribution is 2.19. The van der Waals surface area contributed by atoms with Crippen molar-refractivity contribution in [3.8, 4) is 0 Å². The fourth-order valence-electron chi connectivity index (χ4n) is 1.49. The molecule has 98 valence electrons. The van der Waals surface area contributed by atoms with Crippen LogP contribution in [0.1, 0.15) is 28.4 Å². The van der Waals surface area contributed by atoms with Gasteiger partial charge in [-0.2, -0.15) is 0 Å². The van der Waals surface area contributed by atoms with Crippen molar-refractivity contribution in [2.24, 2.45) is 11.6 Å². The second-order valence-electron chi connectivity index (χ2n) is 3.78. The Hall–Kier alpha value is -1.96. The van der Waals surface area contributed by atoms with E-state index in [4.69, 9.17) is 11.6 Å². The van der Waals surface area contributed by atoms with Gasteiger partial charge in [0.1, 0.15) is 6.10 Å². The first kappa shape index (κ1) is 14.1. The third kappa shape index (κ3) is 3.52. The smallest absolute Gasteiger partial charge is 0.265 e. The topological polar surface area (TPSA) is 139 Å². The lowest BCUT2D eigenvalue weighted by atomic mass is 10.00. The van der Waals surface area contributed by atoms with Crippen LogP contribution >= 0.6 is 0 Å². The first-order chi connectivity index (χ1) is 8.45. The molecule has 0 saturated carbocycles. The number of hydrogen-bond donors (Lipinski definition) is 5. The molecule has 2 unspecified atom stereocenters. The van der Waals surface area contributed by atoms with E-state index >= 15 is 0 Å². The molecular weight excluding hydrogens is 238 g/mol. The third-order valence-electron chi connectivity index (χ3n) is 2.40. The Morgan fingerprint density at radius 1 is 1.33 bits per heavy atom. The van der Waals surface area contributed by atoms with Crippen LogP contribution in [0.25, 0.3) is 0 Å². The number of primary amides is 1. The summed E-state index contributed by atoms with van der Waals surface area (Å²) in [4.78, 5) is 21.9. The minimum Gasteiger partial charge on any atom is -0.390 e. The standard InChI is InChI=1S/C11H15N3O4/c12-9(16)5-8(15)10(17)6-2-1-3-7(4-6)11(18)14-13/h1-4,8,10,15,17H,5,13H2,(H2,12,16)(H,14,18). The quantitative estimate of drug-likeness (QED) is 0.248. The lowest BCUT2D eigenvalue weighted by Gasteiger charge is -2.17. The first-order valence-corrected chi connectivity index (χ1v) is 5.21. The molecule has 1 rings (SSSR count). The van der Waals surface area contributed by atoms with Gasteiger partial charge in [0.15, 0.2) is 0 Å². The van der Waals surface area contributed by atoms with Crippen molar-refractivity contribution in [2.45, 2.75) is 18.6 Å². The zero-order valence-corrected chi connectivity index (χ0v) is 9.54. The van der Waals surface area contributed by atoms with Gasteiger partial charge >= 0.3 is 0 Å². The van der Waals surface area contributed by atoms with E-state index in [1.54, 1.807) is 0 Å². The van der Waals surface area contributed by atoms with E-state index in [2.05, 4.69) is 0 Å². The van der Waals surface area contributed by atoms with E-state index in [1.165, 1.54) is 24.3 Å². The molecule has 2 amide bonds. The molecule has 0 radical (unpaired) electrons. The number of hydrogen-bond acceptors (Lipinski definition) is 5. The second kappa shape index (κ2) is 6.10. The maximum Gasteiger partial charge on any atom is 0.265 e. The van der Waals surface area contributed by atoms with Gasteiger partial charge in [-0.25, -0.2) is 5.84 Å². The van der Waals surface area contributed by atoms with Crippen molar-refractivity contribution in [2.75, 3.05) is 0 Å². The highest BCUT2D eigenvalue weighted by Gasteiger charge is 2.21. The highest BCUT2D eigenvalue weighted by atomic mass is 16.3. The van der Waals surface area contributed by atoms with Crippen LogP contribution in [0.3, 0.4) is 0 Å². The second-order valence-corrected chi connectivity index (χ2v) is 3.78. The molecule has 0 bridgehead atoms. The number of hydrazine groups is 1. The van der Waals surface area contributed by atoms with Crippen LogP contribution in [-0.2, 0) is 4.79 Å². The average molecular weight is 253 g/mol. The van der Waals surface area contributed by atoms with Crippen molar-refractivity contribution in [3.05, 3.63) is 35.4 Å². The molecule has 0 fully saturated rings. The summed E-state index contributed by atoms with van der Waals surface area (Å²) >= 11 is 0. The number of nitrogen functional groups attached to an aromatic ring is 1. The van der Waals surface area contributed by atoms with E-state index in [9.17, 15) is 19.8 Å². The average Bonchev–Trinajstić information content (AvgIpc) is 2.36.